The van der Waals surface area contributed by atoms with Crippen molar-refractivity contribution in [2.45, 2.75) is 13.0 Å². The molecule has 0 fully saturated rings. The monoisotopic (exact) mass is 294 g/mol. The lowest BCUT2D eigenvalue weighted by Gasteiger charge is -2.14. The molecule has 0 heterocycles. The molecule has 1 rings (SSSR count). The highest BCUT2D eigenvalue weighted by Gasteiger charge is 2.08. The van der Waals surface area contributed by atoms with Gasteiger partial charge in [0, 0.05) is 11.0 Å². The van der Waals surface area contributed by atoms with Crippen LogP contribution in [0.25, 0.3) is 0 Å². The Kier molecular flexibility index (Phi) is 4.66. The largest absolute Gasteiger partial charge is 0.373 e. The molecule has 0 amide bonds. The summed E-state index contributed by atoms with van der Waals surface area (Å²) in [6.07, 6.45) is 0.0891. The summed E-state index contributed by atoms with van der Waals surface area (Å²) in [7, 11) is 0. The standard InChI is InChI=1S/C10H12FIO/c1-2-13-10(7-12)8-3-5-9(11)6-4-8/h3-6,10H,2,7H2,1H3. The van der Waals surface area contributed by atoms with Crippen molar-refractivity contribution in [3.8, 4) is 0 Å². The summed E-state index contributed by atoms with van der Waals surface area (Å²) < 4.78 is 19.0. The molecule has 0 radical (unpaired) electrons. The third-order valence-corrected chi connectivity index (χ3v) is 2.55. The lowest BCUT2D eigenvalue weighted by Crippen LogP contribution is -2.05. The van der Waals surface area contributed by atoms with Crippen molar-refractivity contribution in [2.24, 2.45) is 0 Å². The minimum absolute atomic E-state index is 0.0891. The van der Waals surface area contributed by atoms with E-state index < -0.39 is 0 Å². The molecule has 0 aliphatic rings. The van der Waals surface area contributed by atoms with Crippen LogP contribution in [0, 0.1) is 5.82 Å². The second-order valence-electron chi connectivity index (χ2n) is 2.65. The number of ether oxygens (including phenoxy) is 1. The number of halogens is 2. The first-order valence-electron chi connectivity index (χ1n) is 4.21. The van der Waals surface area contributed by atoms with Crippen LogP contribution in [0.2, 0.25) is 0 Å². The molecular formula is C10H12FIO. The summed E-state index contributed by atoms with van der Waals surface area (Å²) in [5.41, 5.74) is 1.04. The molecule has 0 aliphatic heterocycles. The molecular weight excluding hydrogens is 282 g/mol. The Morgan fingerprint density at radius 1 is 1.38 bits per heavy atom. The third kappa shape index (κ3) is 3.23. The van der Waals surface area contributed by atoms with Crippen LogP contribution in [0.1, 0.15) is 18.6 Å². The molecule has 1 atom stereocenters. The molecule has 1 aromatic rings. The molecule has 0 bridgehead atoms. The Balaban J connectivity index is 2.73. The van der Waals surface area contributed by atoms with Gasteiger partial charge in [0.2, 0.25) is 0 Å². The van der Waals surface area contributed by atoms with Crippen LogP contribution in [0.5, 0.6) is 0 Å². The molecule has 1 nitrogen and oxygen atoms in total. The van der Waals surface area contributed by atoms with Gasteiger partial charge in [-0.3, -0.25) is 0 Å². The van der Waals surface area contributed by atoms with Gasteiger partial charge in [0.15, 0.2) is 0 Å². The molecule has 1 aromatic carbocycles. The van der Waals surface area contributed by atoms with Gasteiger partial charge < -0.3 is 4.74 Å². The van der Waals surface area contributed by atoms with Gasteiger partial charge in [-0.05, 0) is 24.6 Å². The zero-order chi connectivity index (χ0) is 9.68. The minimum atomic E-state index is -0.201. The Hall–Kier alpha value is -0.160. The van der Waals surface area contributed by atoms with Crippen molar-refractivity contribution < 1.29 is 9.13 Å². The first-order valence-corrected chi connectivity index (χ1v) is 5.73. The fourth-order valence-corrected chi connectivity index (χ4v) is 1.87. The SMILES string of the molecule is CCOC(CI)c1ccc(F)cc1. The smallest absolute Gasteiger partial charge is 0.123 e. The minimum Gasteiger partial charge on any atom is -0.373 e. The topological polar surface area (TPSA) is 9.23 Å². The van der Waals surface area contributed by atoms with Crippen molar-refractivity contribution in [1.82, 2.24) is 0 Å². The van der Waals surface area contributed by atoms with Gasteiger partial charge >= 0.3 is 0 Å². The predicted octanol–water partition coefficient (Wildman–Crippen LogP) is 3.34. The van der Waals surface area contributed by atoms with Crippen molar-refractivity contribution >= 4 is 22.6 Å². The normalized spacial score (nSPS) is 12.8. The first-order chi connectivity index (χ1) is 6.27. The number of hydrogen-bond donors (Lipinski definition) is 0. The Labute approximate surface area is 91.4 Å². The molecule has 0 aromatic heterocycles. The highest BCUT2D eigenvalue weighted by Crippen LogP contribution is 2.19. The van der Waals surface area contributed by atoms with Crippen molar-refractivity contribution in [1.29, 1.82) is 0 Å². The van der Waals surface area contributed by atoms with Crippen LogP contribution in [-0.2, 0) is 4.74 Å². The quantitative estimate of drug-likeness (QED) is 0.611. The van der Waals surface area contributed by atoms with E-state index in [4.69, 9.17) is 4.74 Å². The van der Waals surface area contributed by atoms with E-state index in [1.54, 1.807) is 12.1 Å². The van der Waals surface area contributed by atoms with E-state index in [-0.39, 0.29) is 11.9 Å². The highest BCUT2D eigenvalue weighted by molar-refractivity contribution is 14.1. The highest BCUT2D eigenvalue weighted by atomic mass is 127. The van der Waals surface area contributed by atoms with Crippen molar-refractivity contribution in [3.05, 3.63) is 35.6 Å². The van der Waals surface area contributed by atoms with E-state index in [0.717, 1.165) is 9.99 Å². The maximum Gasteiger partial charge on any atom is 0.123 e. The van der Waals surface area contributed by atoms with E-state index in [9.17, 15) is 4.39 Å². The lowest BCUT2D eigenvalue weighted by atomic mass is 10.1. The number of benzene rings is 1. The summed E-state index contributed by atoms with van der Waals surface area (Å²) in [6, 6.07) is 6.48. The van der Waals surface area contributed by atoms with Crippen molar-refractivity contribution in [2.75, 3.05) is 11.0 Å². The Morgan fingerprint density at radius 2 is 2.00 bits per heavy atom. The zero-order valence-electron chi connectivity index (χ0n) is 7.47. The summed E-state index contributed by atoms with van der Waals surface area (Å²) in [5.74, 6) is -0.201. The number of hydrogen-bond acceptors (Lipinski definition) is 1. The molecule has 3 heteroatoms. The van der Waals surface area contributed by atoms with E-state index >= 15 is 0 Å². The average molecular weight is 294 g/mol. The molecule has 0 N–H and O–H groups in total. The van der Waals surface area contributed by atoms with Gasteiger partial charge in [0.05, 0.1) is 6.10 Å². The molecule has 0 aliphatic carbocycles. The van der Waals surface area contributed by atoms with Gasteiger partial charge in [-0.25, -0.2) is 4.39 Å². The maximum atomic E-state index is 12.6. The molecule has 0 saturated heterocycles. The maximum absolute atomic E-state index is 12.6. The summed E-state index contributed by atoms with van der Waals surface area (Å²) in [4.78, 5) is 0. The van der Waals surface area contributed by atoms with E-state index in [2.05, 4.69) is 22.6 Å². The lowest BCUT2D eigenvalue weighted by molar-refractivity contribution is 0.0818. The van der Waals surface area contributed by atoms with E-state index in [1.807, 2.05) is 6.92 Å². The van der Waals surface area contributed by atoms with E-state index in [0.29, 0.717) is 6.61 Å². The van der Waals surface area contributed by atoms with Crippen LogP contribution >= 0.6 is 22.6 Å². The predicted molar refractivity (Wildman–Crippen MR) is 59.7 cm³/mol. The van der Waals surface area contributed by atoms with Crippen LogP contribution in [0.3, 0.4) is 0 Å². The summed E-state index contributed by atoms with van der Waals surface area (Å²) in [6.45, 7) is 2.65. The molecule has 72 valence electrons. The third-order valence-electron chi connectivity index (χ3n) is 1.75. The average Bonchev–Trinajstić information content (AvgIpc) is 2.16. The Morgan fingerprint density at radius 3 is 2.46 bits per heavy atom. The fourth-order valence-electron chi connectivity index (χ4n) is 1.11. The van der Waals surface area contributed by atoms with E-state index in [1.165, 1.54) is 12.1 Å². The van der Waals surface area contributed by atoms with Crippen LogP contribution < -0.4 is 0 Å². The van der Waals surface area contributed by atoms with Crippen LogP contribution in [-0.4, -0.2) is 11.0 Å². The molecule has 0 spiro atoms. The van der Waals surface area contributed by atoms with Gasteiger partial charge in [-0.1, -0.05) is 34.7 Å². The van der Waals surface area contributed by atoms with Gasteiger partial charge in [0.1, 0.15) is 5.82 Å². The van der Waals surface area contributed by atoms with Gasteiger partial charge in [-0.2, -0.15) is 0 Å². The first kappa shape index (κ1) is 10.9. The number of rotatable bonds is 4. The molecule has 13 heavy (non-hydrogen) atoms. The van der Waals surface area contributed by atoms with Crippen molar-refractivity contribution in [3.63, 3.8) is 0 Å². The fraction of sp³-hybridized carbons (Fsp3) is 0.400. The second-order valence-corrected chi connectivity index (χ2v) is 3.53. The van der Waals surface area contributed by atoms with Crippen LogP contribution in [0.4, 0.5) is 4.39 Å². The van der Waals surface area contributed by atoms with Crippen LogP contribution in [0.15, 0.2) is 24.3 Å². The summed E-state index contributed by atoms with van der Waals surface area (Å²) >= 11 is 2.27. The molecule has 0 saturated carbocycles. The van der Waals surface area contributed by atoms with Gasteiger partial charge in [0.25, 0.3) is 0 Å². The zero-order valence-corrected chi connectivity index (χ0v) is 9.62. The molecule has 1 unspecified atom stereocenters. The Bertz CT molecular complexity index is 248. The number of alkyl halides is 1. The second kappa shape index (κ2) is 5.54. The van der Waals surface area contributed by atoms with Gasteiger partial charge in [-0.15, -0.1) is 0 Å². The summed E-state index contributed by atoms with van der Waals surface area (Å²) in [5, 5.41) is 0.